The van der Waals surface area contributed by atoms with Crippen LogP contribution in [0, 0.1) is 5.92 Å². The molecule has 114 valence electrons. The van der Waals surface area contributed by atoms with Gasteiger partial charge in [-0.1, -0.05) is 18.2 Å². The van der Waals surface area contributed by atoms with Crippen molar-refractivity contribution >= 4 is 0 Å². The number of ether oxygens (including phenoxy) is 2. The molecule has 2 aliphatic heterocycles. The Morgan fingerprint density at radius 1 is 1.29 bits per heavy atom. The van der Waals surface area contributed by atoms with Crippen molar-refractivity contribution in [3.63, 3.8) is 0 Å². The molecule has 2 heterocycles. The normalized spacial score (nSPS) is 31.3. The molecule has 3 atom stereocenters. The highest BCUT2D eigenvalue weighted by molar-refractivity contribution is 5.40. The Balaban J connectivity index is 1.55. The number of hydrogen-bond donors (Lipinski definition) is 1. The third-order valence-corrected chi connectivity index (χ3v) is 5.81. The molecule has 1 N–H and O–H groups in total. The molecule has 3 heteroatoms. The molecule has 1 aromatic carbocycles. The van der Waals surface area contributed by atoms with E-state index in [0.29, 0.717) is 17.9 Å². The molecular formula is C18H25NO2. The van der Waals surface area contributed by atoms with Crippen LogP contribution in [0.4, 0.5) is 0 Å². The minimum atomic E-state index is 0.219. The molecule has 0 amide bonds. The maximum atomic E-state index is 6.10. The second kappa shape index (κ2) is 5.29. The van der Waals surface area contributed by atoms with E-state index in [-0.39, 0.29) is 5.60 Å². The van der Waals surface area contributed by atoms with E-state index in [1.54, 1.807) is 0 Å². The van der Waals surface area contributed by atoms with E-state index < -0.39 is 0 Å². The first-order valence-corrected chi connectivity index (χ1v) is 8.34. The summed E-state index contributed by atoms with van der Waals surface area (Å²) in [6, 6.07) is 9.02. The van der Waals surface area contributed by atoms with Crippen molar-refractivity contribution in [3.05, 3.63) is 29.8 Å². The van der Waals surface area contributed by atoms with Gasteiger partial charge < -0.3 is 14.8 Å². The van der Waals surface area contributed by atoms with Gasteiger partial charge in [-0.15, -0.1) is 0 Å². The van der Waals surface area contributed by atoms with E-state index in [9.17, 15) is 0 Å². The molecule has 1 aliphatic carbocycles. The first-order valence-electron chi connectivity index (χ1n) is 8.34. The molecule has 1 saturated carbocycles. The summed E-state index contributed by atoms with van der Waals surface area (Å²) in [4.78, 5) is 0. The fourth-order valence-corrected chi connectivity index (χ4v) is 4.54. The molecule has 4 rings (SSSR count). The van der Waals surface area contributed by atoms with Crippen LogP contribution in [0.2, 0.25) is 0 Å². The monoisotopic (exact) mass is 287 g/mol. The molecule has 1 aromatic rings. The highest BCUT2D eigenvalue weighted by Gasteiger charge is 2.46. The number of likely N-dealkylation sites (N-methyl/N-ethyl adjacent to an activating group) is 1. The molecule has 1 saturated heterocycles. The van der Waals surface area contributed by atoms with E-state index >= 15 is 0 Å². The highest BCUT2D eigenvalue weighted by atomic mass is 16.5. The summed E-state index contributed by atoms with van der Waals surface area (Å²) in [5, 5.41) is 3.61. The van der Waals surface area contributed by atoms with Crippen LogP contribution in [-0.2, 0) is 4.74 Å². The summed E-state index contributed by atoms with van der Waals surface area (Å²) in [7, 11) is 2.11. The zero-order valence-corrected chi connectivity index (χ0v) is 12.8. The van der Waals surface area contributed by atoms with Crippen LogP contribution in [0.1, 0.15) is 43.6 Å². The molecule has 0 bridgehead atoms. The zero-order chi connectivity index (χ0) is 14.3. The minimum absolute atomic E-state index is 0.219. The molecule has 2 fully saturated rings. The number of nitrogens with one attached hydrogen (secondary N) is 1. The standard InChI is InChI=1S/C18H25NO2/c1-19-17(13-7-10-21-18(11-13)8-4-9-18)15-12-20-16-6-3-2-5-14(15)16/h2-3,5-6,13,15,17,19H,4,7-12H2,1H3. The zero-order valence-electron chi connectivity index (χ0n) is 12.8. The van der Waals surface area contributed by atoms with Crippen molar-refractivity contribution in [3.8, 4) is 5.75 Å². The van der Waals surface area contributed by atoms with Crippen molar-refractivity contribution in [1.82, 2.24) is 5.32 Å². The molecule has 0 aromatic heterocycles. The summed E-state index contributed by atoms with van der Waals surface area (Å²) >= 11 is 0. The van der Waals surface area contributed by atoms with Gasteiger partial charge in [0.15, 0.2) is 0 Å². The molecular weight excluding hydrogens is 262 g/mol. The molecule has 1 spiro atoms. The summed E-state index contributed by atoms with van der Waals surface area (Å²) in [6.07, 6.45) is 6.25. The van der Waals surface area contributed by atoms with Crippen LogP contribution in [0.5, 0.6) is 5.75 Å². The molecule has 3 unspecified atom stereocenters. The fraction of sp³-hybridized carbons (Fsp3) is 0.667. The largest absolute Gasteiger partial charge is 0.493 e. The van der Waals surface area contributed by atoms with Gasteiger partial charge in [0, 0.05) is 24.1 Å². The number of hydrogen-bond acceptors (Lipinski definition) is 3. The average Bonchev–Trinajstić information content (AvgIpc) is 2.91. The molecule has 21 heavy (non-hydrogen) atoms. The Hall–Kier alpha value is -1.06. The second-order valence-electron chi connectivity index (χ2n) is 6.91. The number of para-hydroxylation sites is 1. The lowest BCUT2D eigenvalue weighted by Gasteiger charge is -2.49. The predicted octanol–water partition coefficient (Wildman–Crippen LogP) is 3.10. The SMILES string of the molecule is CNC(C1CCOC2(CCC2)C1)C1COc2ccccc21. The quantitative estimate of drug-likeness (QED) is 0.926. The van der Waals surface area contributed by atoms with E-state index in [0.717, 1.165) is 19.0 Å². The van der Waals surface area contributed by atoms with E-state index in [1.165, 1.54) is 37.7 Å². The Morgan fingerprint density at radius 3 is 2.90 bits per heavy atom. The smallest absolute Gasteiger partial charge is 0.122 e. The van der Waals surface area contributed by atoms with Crippen LogP contribution in [-0.4, -0.2) is 31.9 Å². The Labute approximate surface area is 127 Å². The Morgan fingerprint density at radius 2 is 2.14 bits per heavy atom. The third kappa shape index (κ3) is 2.27. The lowest BCUT2D eigenvalue weighted by molar-refractivity contribution is -0.147. The van der Waals surface area contributed by atoms with Crippen molar-refractivity contribution in [2.24, 2.45) is 5.92 Å². The summed E-state index contributed by atoms with van der Waals surface area (Å²) < 4.78 is 12.0. The van der Waals surface area contributed by atoms with Gasteiger partial charge in [-0.25, -0.2) is 0 Å². The second-order valence-corrected chi connectivity index (χ2v) is 6.91. The topological polar surface area (TPSA) is 30.5 Å². The summed E-state index contributed by atoms with van der Waals surface area (Å²) in [6.45, 7) is 1.74. The van der Waals surface area contributed by atoms with Crippen LogP contribution in [0.3, 0.4) is 0 Å². The molecule has 3 nitrogen and oxygen atoms in total. The van der Waals surface area contributed by atoms with Crippen LogP contribution in [0.15, 0.2) is 24.3 Å². The number of fused-ring (bicyclic) bond motifs is 1. The maximum Gasteiger partial charge on any atom is 0.122 e. The van der Waals surface area contributed by atoms with Gasteiger partial charge in [-0.2, -0.15) is 0 Å². The lowest BCUT2D eigenvalue weighted by atomic mass is 9.68. The lowest BCUT2D eigenvalue weighted by Crippen LogP contribution is -2.51. The van der Waals surface area contributed by atoms with Gasteiger partial charge in [-0.05, 0) is 51.1 Å². The minimum Gasteiger partial charge on any atom is -0.493 e. The van der Waals surface area contributed by atoms with E-state index in [1.807, 2.05) is 0 Å². The fourth-order valence-electron chi connectivity index (χ4n) is 4.54. The van der Waals surface area contributed by atoms with Gasteiger partial charge in [0.2, 0.25) is 0 Å². The molecule has 3 aliphatic rings. The van der Waals surface area contributed by atoms with Crippen LogP contribution < -0.4 is 10.1 Å². The van der Waals surface area contributed by atoms with Crippen LogP contribution in [0.25, 0.3) is 0 Å². The Kier molecular flexibility index (Phi) is 3.43. The highest BCUT2D eigenvalue weighted by Crippen LogP contribution is 2.47. The number of benzene rings is 1. The third-order valence-electron chi connectivity index (χ3n) is 5.81. The van der Waals surface area contributed by atoms with Gasteiger partial charge in [0.1, 0.15) is 5.75 Å². The van der Waals surface area contributed by atoms with E-state index in [2.05, 4.69) is 36.6 Å². The van der Waals surface area contributed by atoms with E-state index in [4.69, 9.17) is 9.47 Å². The van der Waals surface area contributed by atoms with Crippen molar-refractivity contribution in [2.75, 3.05) is 20.3 Å². The van der Waals surface area contributed by atoms with Crippen molar-refractivity contribution in [2.45, 2.75) is 49.7 Å². The van der Waals surface area contributed by atoms with Crippen molar-refractivity contribution < 1.29 is 9.47 Å². The maximum absolute atomic E-state index is 6.10. The van der Waals surface area contributed by atoms with Gasteiger partial charge in [0.25, 0.3) is 0 Å². The predicted molar refractivity (Wildman–Crippen MR) is 82.8 cm³/mol. The number of rotatable bonds is 3. The van der Waals surface area contributed by atoms with Crippen LogP contribution >= 0.6 is 0 Å². The molecule has 0 radical (unpaired) electrons. The van der Waals surface area contributed by atoms with Gasteiger partial charge in [-0.3, -0.25) is 0 Å². The van der Waals surface area contributed by atoms with Crippen molar-refractivity contribution in [1.29, 1.82) is 0 Å². The van der Waals surface area contributed by atoms with Gasteiger partial charge >= 0.3 is 0 Å². The summed E-state index contributed by atoms with van der Waals surface area (Å²) in [5.41, 5.74) is 1.60. The Bertz CT molecular complexity index is 512. The van der Waals surface area contributed by atoms with Gasteiger partial charge in [0.05, 0.1) is 12.2 Å². The first-order chi connectivity index (χ1) is 10.3. The first kappa shape index (κ1) is 13.6. The summed E-state index contributed by atoms with van der Waals surface area (Å²) in [5.74, 6) is 2.25. The average molecular weight is 287 g/mol.